The first-order valence-corrected chi connectivity index (χ1v) is 13.5. The molecule has 1 fully saturated rings. The van der Waals surface area contributed by atoms with Crippen LogP contribution in [0.1, 0.15) is 29.5 Å². The lowest BCUT2D eigenvalue weighted by Gasteiger charge is -2.46. The molecule has 1 aliphatic rings. The number of sulfonamides is 1. The van der Waals surface area contributed by atoms with Crippen molar-refractivity contribution < 1.29 is 22.7 Å². The number of carbonyl (C=O) groups is 1. The summed E-state index contributed by atoms with van der Waals surface area (Å²) in [7, 11) is 3.50. The topological polar surface area (TPSA) is 92.3 Å². The minimum Gasteiger partial charge on any atom is -0.497 e. The van der Waals surface area contributed by atoms with Crippen LogP contribution in [-0.4, -0.2) is 94.5 Å². The van der Waals surface area contributed by atoms with Crippen molar-refractivity contribution in [1.82, 2.24) is 19.1 Å². The lowest BCUT2D eigenvalue weighted by Crippen LogP contribution is -2.52. The van der Waals surface area contributed by atoms with Gasteiger partial charge in [-0.25, -0.2) is 8.42 Å². The van der Waals surface area contributed by atoms with Gasteiger partial charge in [0.25, 0.3) is 0 Å². The number of ether oxygens (including phenoxy) is 2. The van der Waals surface area contributed by atoms with Crippen molar-refractivity contribution in [1.29, 1.82) is 0 Å². The van der Waals surface area contributed by atoms with Gasteiger partial charge in [-0.3, -0.25) is 14.7 Å². The zero-order valence-corrected chi connectivity index (χ0v) is 23.0. The highest BCUT2D eigenvalue weighted by atomic mass is 32.2. The normalized spacial score (nSPS) is 15.9. The second-order valence-electron chi connectivity index (χ2n) is 9.52. The summed E-state index contributed by atoms with van der Waals surface area (Å²) in [6.07, 6.45) is 5.28. The molecule has 1 saturated heterocycles. The number of carbonyl (C=O) groups excluding carboxylic acids is 1. The van der Waals surface area contributed by atoms with Gasteiger partial charge in [-0.1, -0.05) is 6.07 Å². The van der Waals surface area contributed by atoms with Gasteiger partial charge in [-0.2, -0.15) is 4.31 Å². The molecule has 2 heterocycles. The van der Waals surface area contributed by atoms with Gasteiger partial charge < -0.3 is 14.4 Å². The highest BCUT2D eigenvalue weighted by Gasteiger charge is 2.39. The molecule has 1 aliphatic heterocycles. The Morgan fingerprint density at radius 3 is 2.31 bits per heavy atom. The Morgan fingerprint density at radius 2 is 1.78 bits per heavy atom. The van der Waals surface area contributed by atoms with E-state index in [9.17, 15) is 13.2 Å². The van der Waals surface area contributed by atoms with Gasteiger partial charge in [0.2, 0.25) is 15.9 Å². The number of rotatable bonds is 10. The minimum absolute atomic E-state index is 0.0731. The fourth-order valence-corrected chi connectivity index (χ4v) is 6.47. The van der Waals surface area contributed by atoms with Crippen LogP contribution in [0.2, 0.25) is 0 Å². The van der Waals surface area contributed by atoms with Crippen LogP contribution in [0.3, 0.4) is 0 Å². The number of methoxy groups -OCH3 is 1. The summed E-state index contributed by atoms with van der Waals surface area (Å²) in [5.41, 5.74) is 2.26. The van der Waals surface area contributed by atoms with Crippen LogP contribution in [0.4, 0.5) is 0 Å². The maximum Gasteiger partial charge on any atom is 0.248 e. The highest BCUT2D eigenvalue weighted by molar-refractivity contribution is 7.89. The lowest BCUT2D eigenvalue weighted by molar-refractivity contribution is -0.138. The van der Waals surface area contributed by atoms with E-state index in [2.05, 4.69) is 30.0 Å². The summed E-state index contributed by atoms with van der Waals surface area (Å²) in [4.78, 5) is 21.3. The Bertz CT molecular complexity index is 1120. The van der Waals surface area contributed by atoms with E-state index in [4.69, 9.17) is 9.47 Å². The van der Waals surface area contributed by atoms with Crippen LogP contribution in [0.5, 0.6) is 5.75 Å². The van der Waals surface area contributed by atoms with Gasteiger partial charge in [-0.05, 0) is 75.7 Å². The summed E-state index contributed by atoms with van der Waals surface area (Å²) in [5.74, 6) is 0.537. The summed E-state index contributed by atoms with van der Waals surface area (Å²) in [6.45, 7) is 4.95. The smallest absolute Gasteiger partial charge is 0.248 e. The molecule has 0 N–H and O–H groups in total. The third kappa shape index (κ3) is 5.88. The number of hydrogen-bond donors (Lipinski definition) is 0. The molecular formula is C26H38N4O5S. The van der Waals surface area contributed by atoms with Gasteiger partial charge in [-0.15, -0.1) is 0 Å². The second-order valence-corrected chi connectivity index (χ2v) is 11.5. The number of likely N-dealkylation sites (N-methyl/N-ethyl adjacent to an activating group) is 1. The number of likely N-dealkylation sites (tertiary alicyclic amines) is 1. The standard InChI is InChI=1S/C26H38N4O5S/c1-20-16-23(34-6)17-21(2)25(20)36(32,33)29(5)14-15-35-19-24(31)30-12-9-26(10-13-30,28(3)4)22-8-7-11-27-18-22/h7-8,11,16-18H,9-10,12-15,19H2,1-6H3. The highest BCUT2D eigenvalue weighted by Crippen LogP contribution is 2.37. The number of benzene rings is 1. The summed E-state index contributed by atoms with van der Waals surface area (Å²) in [5, 5.41) is 0. The van der Waals surface area contributed by atoms with Crippen molar-refractivity contribution in [3.63, 3.8) is 0 Å². The Labute approximate surface area is 215 Å². The molecular weight excluding hydrogens is 480 g/mol. The van der Waals surface area contributed by atoms with Crippen molar-refractivity contribution >= 4 is 15.9 Å². The van der Waals surface area contributed by atoms with Crippen LogP contribution < -0.4 is 4.74 Å². The predicted molar refractivity (Wildman–Crippen MR) is 139 cm³/mol. The summed E-state index contributed by atoms with van der Waals surface area (Å²) in [6, 6.07) is 7.45. The van der Waals surface area contributed by atoms with Crippen LogP contribution in [-0.2, 0) is 25.1 Å². The van der Waals surface area contributed by atoms with Gasteiger partial charge in [0.15, 0.2) is 0 Å². The first kappa shape index (κ1) is 28.0. The Hall–Kier alpha value is -2.53. The maximum absolute atomic E-state index is 13.1. The molecule has 0 spiro atoms. The molecule has 2 aromatic rings. The van der Waals surface area contributed by atoms with Crippen LogP contribution in [0.25, 0.3) is 0 Å². The van der Waals surface area contributed by atoms with E-state index in [-0.39, 0.29) is 36.1 Å². The van der Waals surface area contributed by atoms with Gasteiger partial charge >= 0.3 is 0 Å². The number of pyridine rings is 1. The first-order valence-electron chi connectivity index (χ1n) is 12.1. The molecule has 10 heteroatoms. The molecule has 0 bridgehead atoms. The zero-order valence-electron chi connectivity index (χ0n) is 22.2. The molecule has 36 heavy (non-hydrogen) atoms. The zero-order chi connectivity index (χ0) is 26.5. The van der Waals surface area contributed by atoms with Crippen molar-refractivity contribution in [3.05, 3.63) is 53.3 Å². The lowest BCUT2D eigenvalue weighted by atomic mass is 9.80. The van der Waals surface area contributed by atoms with E-state index in [1.807, 2.05) is 17.2 Å². The molecule has 1 aromatic heterocycles. The molecule has 0 saturated carbocycles. The number of aryl methyl sites for hydroxylation is 2. The molecule has 0 radical (unpaired) electrons. The van der Waals surface area contributed by atoms with E-state index in [0.717, 1.165) is 18.4 Å². The van der Waals surface area contributed by atoms with E-state index in [0.29, 0.717) is 30.0 Å². The Balaban J connectivity index is 1.51. The number of hydrogen-bond acceptors (Lipinski definition) is 7. The average molecular weight is 519 g/mol. The van der Waals surface area contributed by atoms with Crippen molar-refractivity contribution in [3.8, 4) is 5.75 Å². The third-order valence-corrected chi connectivity index (χ3v) is 9.28. The average Bonchev–Trinajstić information content (AvgIpc) is 2.86. The van der Waals surface area contributed by atoms with Crippen LogP contribution in [0.15, 0.2) is 41.6 Å². The predicted octanol–water partition coefficient (Wildman–Crippen LogP) is 2.42. The second kappa shape index (κ2) is 11.7. The number of nitrogens with zero attached hydrogens (tertiary/aromatic N) is 4. The van der Waals surface area contributed by atoms with Crippen molar-refractivity contribution in [2.75, 3.05) is 61.1 Å². The maximum atomic E-state index is 13.1. The van der Waals surface area contributed by atoms with Crippen LogP contribution in [0, 0.1) is 13.8 Å². The minimum atomic E-state index is -3.70. The Kier molecular flexibility index (Phi) is 9.10. The monoisotopic (exact) mass is 518 g/mol. The summed E-state index contributed by atoms with van der Waals surface area (Å²) >= 11 is 0. The molecule has 3 rings (SSSR count). The molecule has 0 atom stereocenters. The van der Waals surface area contributed by atoms with E-state index in [1.165, 1.54) is 11.4 Å². The molecule has 1 aromatic carbocycles. The fourth-order valence-electron chi connectivity index (χ4n) is 4.91. The van der Waals surface area contributed by atoms with Gasteiger partial charge in [0, 0.05) is 39.1 Å². The third-order valence-electron chi connectivity index (χ3n) is 7.11. The number of amides is 1. The largest absolute Gasteiger partial charge is 0.497 e. The molecule has 198 valence electrons. The van der Waals surface area contributed by atoms with E-state index < -0.39 is 10.0 Å². The van der Waals surface area contributed by atoms with Crippen molar-refractivity contribution in [2.45, 2.75) is 37.1 Å². The van der Waals surface area contributed by atoms with Crippen molar-refractivity contribution in [2.24, 2.45) is 0 Å². The SMILES string of the molecule is COc1cc(C)c(S(=O)(=O)N(C)CCOCC(=O)N2CCC(c3cccnc3)(N(C)C)CC2)c(C)c1. The fraction of sp³-hybridized carbons (Fsp3) is 0.538. The van der Waals surface area contributed by atoms with Crippen LogP contribution >= 0.6 is 0 Å². The first-order chi connectivity index (χ1) is 17.0. The molecule has 0 aliphatic carbocycles. The number of piperidine rings is 1. The van der Waals surface area contributed by atoms with Gasteiger partial charge in [0.05, 0.1) is 24.2 Å². The van der Waals surface area contributed by atoms with Gasteiger partial charge in [0.1, 0.15) is 12.4 Å². The summed E-state index contributed by atoms with van der Waals surface area (Å²) < 4.78 is 38.3. The molecule has 0 unspecified atom stereocenters. The quantitative estimate of drug-likeness (QED) is 0.446. The van der Waals surface area contributed by atoms with E-state index >= 15 is 0 Å². The molecule has 1 amide bonds. The Morgan fingerprint density at radius 1 is 1.14 bits per heavy atom. The van der Waals surface area contributed by atoms with E-state index in [1.54, 1.807) is 39.3 Å². The number of aromatic nitrogens is 1. The molecule has 9 nitrogen and oxygen atoms in total.